The number of hydrogen-bond acceptors (Lipinski definition) is 4. The van der Waals surface area contributed by atoms with Gasteiger partial charge < -0.3 is 20.5 Å². The molecule has 1 aliphatic heterocycles. The van der Waals surface area contributed by atoms with Crippen LogP contribution in [0.3, 0.4) is 0 Å². The Morgan fingerprint density at radius 2 is 2.37 bits per heavy atom. The van der Waals surface area contributed by atoms with E-state index in [1.54, 1.807) is 7.11 Å². The number of methoxy groups -OCH3 is 1. The summed E-state index contributed by atoms with van der Waals surface area (Å²) in [7, 11) is 1.66. The van der Waals surface area contributed by atoms with Crippen LogP contribution in [0.25, 0.3) is 0 Å². The molecule has 0 aromatic heterocycles. The van der Waals surface area contributed by atoms with Gasteiger partial charge in [0, 0.05) is 37.1 Å². The molecule has 0 spiro atoms. The van der Waals surface area contributed by atoms with E-state index >= 15 is 0 Å². The average Bonchev–Trinajstić information content (AvgIpc) is 2.74. The molecule has 1 aromatic carbocycles. The van der Waals surface area contributed by atoms with Crippen molar-refractivity contribution in [3.8, 4) is 11.5 Å². The zero-order chi connectivity index (χ0) is 13.8. The number of hydrogen-bond donors (Lipinski definition) is 2. The Morgan fingerprint density at radius 1 is 1.58 bits per heavy atom. The summed E-state index contributed by atoms with van der Waals surface area (Å²) in [6.45, 7) is 3.26. The van der Waals surface area contributed by atoms with Crippen LogP contribution in [0.5, 0.6) is 11.5 Å². The highest BCUT2D eigenvalue weighted by atomic mass is 16.5. The lowest BCUT2D eigenvalue weighted by atomic mass is 10.1. The number of ether oxygens (including phenoxy) is 2. The highest BCUT2D eigenvalue weighted by molar-refractivity contribution is 5.73. The van der Waals surface area contributed by atoms with Crippen LogP contribution in [0.4, 0.5) is 0 Å². The average molecular weight is 264 g/mol. The van der Waals surface area contributed by atoms with E-state index in [4.69, 9.17) is 15.2 Å². The number of carbonyl (C=O) groups excluding carboxylic acids is 1. The molecule has 0 aliphatic carbocycles. The van der Waals surface area contributed by atoms with Crippen LogP contribution in [0.2, 0.25) is 0 Å². The largest absolute Gasteiger partial charge is 0.497 e. The molecular weight excluding hydrogens is 244 g/mol. The molecule has 1 atom stereocenters. The Bertz CT molecular complexity index is 474. The van der Waals surface area contributed by atoms with Crippen LogP contribution >= 0.6 is 0 Å². The molecule has 0 saturated carbocycles. The summed E-state index contributed by atoms with van der Waals surface area (Å²) >= 11 is 0. The Morgan fingerprint density at radius 3 is 3.05 bits per heavy atom. The Balaban J connectivity index is 2.07. The number of carbonyl (C=O) groups is 1. The van der Waals surface area contributed by atoms with E-state index in [0.29, 0.717) is 19.5 Å². The summed E-state index contributed by atoms with van der Waals surface area (Å²) in [4.78, 5) is 10.7. The molecule has 3 N–H and O–H groups in total. The lowest BCUT2D eigenvalue weighted by Gasteiger charge is -2.12. The molecule has 5 nitrogen and oxygen atoms in total. The molecule has 1 aliphatic rings. The SMILES string of the molecule is COc1cc(CNCCC(N)=O)c2c(c1)C[C@H](C)O2. The third-order valence-corrected chi connectivity index (χ3v) is 3.14. The fourth-order valence-electron chi connectivity index (χ4n) is 2.26. The van der Waals surface area contributed by atoms with Crippen LogP contribution < -0.4 is 20.5 Å². The summed E-state index contributed by atoms with van der Waals surface area (Å²) in [6, 6.07) is 3.99. The second kappa shape index (κ2) is 5.93. The predicted molar refractivity (Wildman–Crippen MR) is 72.3 cm³/mol. The zero-order valence-corrected chi connectivity index (χ0v) is 11.4. The molecule has 5 heteroatoms. The van der Waals surface area contributed by atoms with Crippen molar-refractivity contribution in [2.24, 2.45) is 5.73 Å². The van der Waals surface area contributed by atoms with Gasteiger partial charge in [-0.3, -0.25) is 4.79 Å². The fraction of sp³-hybridized carbons (Fsp3) is 0.500. The van der Waals surface area contributed by atoms with Gasteiger partial charge in [-0.1, -0.05) is 0 Å². The van der Waals surface area contributed by atoms with E-state index in [1.165, 1.54) is 5.56 Å². The second-order valence-electron chi connectivity index (χ2n) is 4.80. The maximum atomic E-state index is 10.7. The van der Waals surface area contributed by atoms with Gasteiger partial charge in [0.25, 0.3) is 0 Å². The van der Waals surface area contributed by atoms with Crippen molar-refractivity contribution in [1.82, 2.24) is 5.32 Å². The van der Waals surface area contributed by atoms with E-state index in [2.05, 4.69) is 12.2 Å². The molecular formula is C14H20N2O3. The summed E-state index contributed by atoms with van der Waals surface area (Å²) in [6.07, 6.45) is 1.44. The monoisotopic (exact) mass is 264 g/mol. The van der Waals surface area contributed by atoms with E-state index < -0.39 is 0 Å². The molecule has 104 valence electrons. The van der Waals surface area contributed by atoms with E-state index in [0.717, 1.165) is 23.5 Å². The van der Waals surface area contributed by atoms with Crippen molar-refractivity contribution in [1.29, 1.82) is 0 Å². The lowest BCUT2D eigenvalue weighted by Crippen LogP contribution is -2.21. The lowest BCUT2D eigenvalue weighted by molar-refractivity contribution is -0.117. The van der Waals surface area contributed by atoms with Gasteiger partial charge in [-0.05, 0) is 19.1 Å². The maximum Gasteiger partial charge on any atom is 0.218 e. The van der Waals surface area contributed by atoms with Crippen molar-refractivity contribution in [2.75, 3.05) is 13.7 Å². The molecule has 1 aromatic rings. The van der Waals surface area contributed by atoms with Gasteiger partial charge in [0.05, 0.1) is 7.11 Å². The first-order valence-corrected chi connectivity index (χ1v) is 6.45. The number of benzene rings is 1. The van der Waals surface area contributed by atoms with Crippen molar-refractivity contribution < 1.29 is 14.3 Å². The quantitative estimate of drug-likeness (QED) is 0.751. The van der Waals surface area contributed by atoms with Crippen LogP contribution in [0.1, 0.15) is 24.5 Å². The van der Waals surface area contributed by atoms with Gasteiger partial charge in [0.1, 0.15) is 17.6 Å². The fourth-order valence-corrected chi connectivity index (χ4v) is 2.26. The Labute approximate surface area is 113 Å². The first-order valence-electron chi connectivity index (χ1n) is 6.45. The maximum absolute atomic E-state index is 10.7. The number of amides is 1. The minimum Gasteiger partial charge on any atom is -0.497 e. The first-order chi connectivity index (χ1) is 9.10. The minimum atomic E-state index is -0.298. The first kappa shape index (κ1) is 13.7. The smallest absolute Gasteiger partial charge is 0.218 e. The molecule has 1 heterocycles. The zero-order valence-electron chi connectivity index (χ0n) is 11.4. The van der Waals surface area contributed by atoms with Crippen LogP contribution in [-0.4, -0.2) is 25.7 Å². The van der Waals surface area contributed by atoms with Crippen LogP contribution in [0.15, 0.2) is 12.1 Å². The number of nitrogens with one attached hydrogen (secondary N) is 1. The van der Waals surface area contributed by atoms with Crippen molar-refractivity contribution in [3.05, 3.63) is 23.3 Å². The van der Waals surface area contributed by atoms with Gasteiger partial charge in [0.2, 0.25) is 5.91 Å². The van der Waals surface area contributed by atoms with Gasteiger partial charge in [-0.15, -0.1) is 0 Å². The normalized spacial score (nSPS) is 16.8. The third kappa shape index (κ3) is 3.38. The summed E-state index contributed by atoms with van der Waals surface area (Å²) in [5, 5.41) is 3.19. The number of nitrogens with two attached hydrogens (primary N) is 1. The molecule has 19 heavy (non-hydrogen) atoms. The standard InChI is InChI=1S/C14H20N2O3/c1-9-5-10-6-12(18-2)7-11(14(10)19-9)8-16-4-3-13(15)17/h6-7,9,16H,3-5,8H2,1-2H3,(H2,15,17)/t9-/m0/s1. The van der Waals surface area contributed by atoms with Crippen molar-refractivity contribution in [2.45, 2.75) is 32.4 Å². The minimum absolute atomic E-state index is 0.200. The van der Waals surface area contributed by atoms with Crippen LogP contribution in [-0.2, 0) is 17.8 Å². The van der Waals surface area contributed by atoms with Crippen LogP contribution in [0, 0.1) is 0 Å². The molecule has 0 bridgehead atoms. The molecule has 2 rings (SSSR count). The van der Waals surface area contributed by atoms with Gasteiger partial charge >= 0.3 is 0 Å². The van der Waals surface area contributed by atoms with Crippen molar-refractivity contribution >= 4 is 5.91 Å². The van der Waals surface area contributed by atoms with Gasteiger partial charge in [0.15, 0.2) is 0 Å². The van der Waals surface area contributed by atoms with E-state index in [-0.39, 0.29) is 12.0 Å². The topological polar surface area (TPSA) is 73.6 Å². The highest BCUT2D eigenvalue weighted by Gasteiger charge is 2.23. The Hall–Kier alpha value is -1.75. The summed E-state index contributed by atoms with van der Waals surface area (Å²) in [5.41, 5.74) is 7.34. The number of rotatable bonds is 6. The van der Waals surface area contributed by atoms with E-state index in [1.807, 2.05) is 12.1 Å². The third-order valence-electron chi connectivity index (χ3n) is 3.14. The summed E-state index contributed by atoms with van der Waals surface area (Å²) in [5.74, 6) is 1.48. The molecule has 0 unspecified atom stereocenters. The molecule has 0 radical (unpaired) electrons. The number of fused-ring (bicyclic) bond motifs is 1. The molecule has 0 saturated heterocycles. The molecule has 1 amide bonds. The Kier molecular flexibility index (Phi) is 4.27. The summed E-state index contributed by atoms with van der Waals surface area (Å²) < 4.78 is 11.1. The number of primary amides is 1. The second-order valence-corrected chi connectivity index (χ2v) is 4.80. The van der Waals surface area contributed by atoms with Gasteiger partial charge in [-0.25, -0.2) is 0 Å². The highest BCUT2D eigenvalue weighted by Crippen LogP contribution is 2.36. The van der Waals surface area contributed by atoms with E-state index in [9.17, 15) is 4.79 Å². The van der Waals surface area contributed by atoms with Gasteiger partial charge in [-0.2, -0.15) is 0 Å². The van der Waals surface area contributed by atoms with Crippen molar-refractivity contribution in [3.63, 3.8) is 0 Å². The molecule has 0 fully saturated rings. The predicted octanol–water partition coefficient (Wildman–Crippen LogP) is 0.984.